The average molecular weight is 327 g/mol. The molecular formula is C19H19F2NSi. The molecule has 2 aromatic carbocycles. The highest BCUT2D eigenvalue weighted by molar-refractivity contribution is 6.52. The molecule has 2 radical (unpaired) electrons. The van der Waals surface area contributed by atoms with Crippen molar-refractivity contribution < 1.29 is 8.78 Å². The van der Waals surface area contributed by atoms with Crippen LogP contribution in [0.2, 0.25) is 0 Å². The zero-order chi connectivity index (χ0) is 16.7. The summed E-state index contributed by atoms with van der Waals surface area (Å²) in [6.45, 7) is 2.19. The summed E-state index contributed by atoms with van der Waals surface area (Å²) in [5.41, 5.74) is 1.99. The minimum absolute atomic E-state index is 0.281. The third kappa shape index (κ3) is 5.00. The molecule has 0 atom stereocenters. The van der Waals surface area contributed by atoms with Gasteiger partial charge in [0, 0.05) is 0 Å². The number of unbranched alkanes of at least 4 members (excludes halogenated alkanes) is 2. The Morgan fingerprint density at radius 2 is 1.61 bits per heavy atom. The molecule has 23 heavy (non-hydrogen) atoms. The lowest BCUT2D eigenvalue weighted by Gasteiger charge is -2.05. The van der Waals surface area contributed by atoms with Crippen LogP contribution < -0.4 is 5.19 Å². The topological polar surface area (TPSA) is 23.8 Å². The summed E-state index contributed by atoms with van der Waals surface area (Å²) in [5, 5.41) is 9.28. The van der Waals surface area contributed by atoms with E-state index in [9.17, 15) is 8.78 Å². The van der Waals surface area contributed by atoms with Gasteiger partial charge in [-0.3, -0.25) is 0 Å². The number of halogens is 2. The third-order valence-corrected chi connectivity index (χ3v) is 5.02. The van der Waals surface area contributed by atoms with Crippen molar-refractivity contribution in [2.45, 2.75) is 38.7 Å². The summed E-state index contributed by atoms with van der Waals surface area (Å²) in [6, 6.07) is 13.3. The summed E-state index contributed by atoms with van der Waals surface area (Å²) in [7, 11) is 0.281. The van der Waals surface area contributed by atoms with E-state index in [2.05, 4.69) is 31.2 Å². The maximum absolute atomic E-state index is 13.6. The summed E-state index contributed by atoms with van der Waals surface area (Å²) >= 11 is 0. The van der Waals surface area contributed by atoms with E-state index in [1.807, 2.05) is 0 Å². The number of rotatable bonds is 7. The van der Waals surface area contributed by atoms with Crippen LogP contribution >= 0.6 is 0 Å². The van der Waals surface area contributed by atoms with Gasteiger partial charge in [-0.1, -0.05) is 54.8 Å². The molecule has 0 fully saturated rings. The number of nitriles is 1. The zero-order valence-corrected chi connectivity index (χ0v) is 14.2. The molecule has 2 aromatic rings. The van der Waals surface area contributed by atoms with Crippen molar-refractivity contribution in [3.63, 3.8) is 0 Å². The summed E-state index contributed by atoms with van der Waals surface area (Å²) in [6.07, 6.45) is 4.78. The second-order valence-electron chi connectivity index (χ2n) is 5.55. The Balaban J connectivity index is 1.95. The molecule has 0 unspecified atom stereocenters. The molecule has 0 N–H and O–H groups in total. The number of aryl methyl sites for hydroxylation is 1. The summed E-state index contributed by atoms with van der Waals surface area (Å²) < 4.78 is 27.2. The van der Waals surface area contributed by atoms with Crippen molar-refractivity contribution in [1.29, 1.82) is 5.26 Å². The molecule has 0 amide bonds. The molecule has 4 heteroatoms. The summed E-state index contributed by atoms with van der Waals surface area (Å²) in [5.74, 6) is -1.55. The Labute approximate surface area is 138 Å². The number of nitrogens with zero attached hydrogens (tertiary/aromatic N) is 1. The van der Waals surface area contributed by atoms with Gasteiger partial charge in [-0.25, -0.2) is 8.78 Å². The van der Waals surface area contributed by atoms with Crippen LogP contribution in [0.3, 0.4) is 0 Å². The van der Waals surface area contributed by atoms with Crippen LogP contribution in [0.15, 0.2) is 36.4 Å². The Kier molecular flexibility index (Phi) is 6.48. The van der Waals surface area contributed by atoms with Gasteiger partial charge in [0.15, 0.2) is 0 Å². The molecule has 0 aliphatic rings. The third-order valence-electron chi connectivity index (χ3n) is 3.74. The molecule has 118 valence electrons. The van der Waals surface area contributed by atoms with Gasteiger partial charge < -0.3 is 0 Å². The fourth-order valence-electron chi connectivity index (χ4n) is 2.39. The van der Waals surface area contributed by atoms with Gasteiger partial charge in [0.1, 0.15) is 23.3 Å². The van der Waals surface area contributed by atoms with E-state index >= 15 is 0 Å². The van der Waals surface area contributed by atoms with Crippen molar-refractivity contribution in [2.24, 2.45) is 0 Å². The highest BCUT2D eigenvalue weighted by atomic mass is 28.2. The quantitative estimate of drug-likeness (QED) is 0.555. The smallest absolute Gasteiger partial charge is 0.143 e. The lowest BCUT2D eigenvalue weighted by Crippen LogP contribution is -2.19. The Morgan fingerprint density at radius 3 is 2.17 bits per heavy atom. The lowest BCUT2D eigenvalue weighted by molar-refractivity contribution is 0.578. The molecule has 0 aliphatic heterocycles. The molecule has 2 rings (SSSR count). The van der Waals surface area contributed by atoms with E-state index in [4.69, 9.17) is 5.26 Å². The molecule has 0 heterocycles. The molecule has 0 saturated heterocycles. The molecule has 0 saturated carbocycles. The summed E-state index contributed by atoms with van der Waals surface area (Å²) in [4.78, 5) is 0. The van der Waals surface area contributed by atoms with E-state index in [0.29, 0.717) is 5.19 Å². The first kappa shape index (κ1) is 17.4. The van der Waals surface area contributed by atoms with E-state index in [1.54, 1.807) is 6.07 Å². The van der Waals surface area contributed by atoms with E-state index in [1.165, 1.54) is 37.0 Å². The van der Waals surface area contributed by atoms with Gasteiger partial charge in [0.05, 0.1) is 9.52 Å². The molecule has 0 aliphatic carbocycles. The Bertz CT molecular complexity index is 667. The average Bonchev–Trinajstić information content (AvgIpc) is 2.54. The van der Waals surface area contributed by atoms with Gasteiger partial charge in [0.2, 0.25) is 0 Å². The van der Waals surface area contributed by atoms with Crippen LogP contribution in [0.5, 0.6) is 0 Å². The van der Waals surface area contributed by atoms with Crippen LogP contribution in [-0.2, 0) is 12.5 Å². The second-order valence-corrected chi connectivity index (χ2v) is 6.84. The first-order valence-corrected chi connectivity index (χ1v) is 9.05. The first-order chi connectivity index (χ1) is 11.1. The fraction of sp³-hybridized carbons (Fsp3) is 0.316. The molecule has 0 bridgehead atoms. The van der Waals surface area contributed by atoms with Gasteiger partial charge in [-0.15, -0.1) is 0 Å². The van der Waals surface area contributed by atoms with Crippen molar-refractivity contribution in [3.8, 4) is 6.07 Å². The number of hydrogen-bond acceptors (Lipinski definition) is 1. The van der Waals surface area contributed by atoms with E-state index in [-0.39, 0.29) is 9.52 Å². The second kappa shape index (κ2) is 8.59. The van der Waals surface area contributed by atoms with Crippen LogP contribution in [-0.4, -0.2) is 9.52 Å². The van der Waals surface area contributed by atoms with Crippen molar-refractivity contribution in [2.75, 3.05) is 0 Å². The Morgan fingerprint density at radius 1 is 1.00 bits per heavy atom. The van der Waals surface area contributed by atoms with Crippen molar-refractivity contribution in [3.05, 3.63) is 64.7 Å². The van der Waals surface area contributed by atoms with Gasteiger partial charge >= 0.3 is 0 Å². The molecular weight excluding hydrogens is 308 g/mol. The van der Waals surface area contributed by atoms with E-state index < -0.39 is 17.2 Å². The molecule has 0 spiro atoms. The zero-order valence-electron chi connectivity index (χ0n) is 13.2. The largest absolute Gasteiger partial charge is 0.205 e. The predicted molar refractivity (Wildman–Crippen MR) is 89.8 cm³/mol. The maximum Gasteiger partial charge on any atom is 0.143 e. The fourth-order valence-corrected chi connectivity index (χ4v) is 3.49. The monoisotopic (exact) mass is 327 g/mol. The highest BCUT2D eigenvalue weighted by Crippen LogP contribution is 2.11. The number of benzene rings is 2. The van der Waals surface area contributed by atoms with Crippen LogP contribution in [0.25, 0.3) is 0 Å². The van der Waals surface area contributed by atoms with E-state index in [0.717, 1.165) is 18.0 Å². The molecule has 0 aromatic heterocycles. The standard InChI is InChI=1S/C19H19F2NSi/c1-2-3-4-5-14-6-8-15(9-7-14)13-23-16-10-18(20)17(12-22)19(21)11-16/h6-11H,2-5,13H2,1H3. The van der Waals surface area contributed by atoms with Crippen molar-refractivity contribution in [1.82, 2.24) is 0 Å². The minimum atomic E-state index is -0.777. The van der Waals surface area contributed by atoms with Crippen LogP contribution in [0, 0.1) is 23.0 Å². The van der Waals surface area contributed by atoms with Crippen LogP contribution in [0.1, 0.15) is 42.9 Å². The first-order valence-electron chi connectivity index (χ1n) is 7.85. The van der Waals surface area contributed by atoms with Gasteiger partial charge in [-0.05, 0) is 36.6 Å². The molecule has 1 nitrogen and oxygen atoms in total. The maximum atomic E-state index is 13.6. The van der Waals surface area contributed by atoms with Crippen molar-refractivity contribution >= 4 is 14.7 Å². The lowest BCUT2D eigenvalue weighted by atomic mass is 10.1. The predicted octanol–water partition coefficient (Wildman–Crippen LogP) is 4.10. The van der Waals surface area contributed by atoms with Crippen LogP contribution in [0.4, 0.5) is 8.78 Å². The van der Waals surface area contributed by atoms with Gasteiger partial charge in [-0.2, -0.15) is 5.26 Å². The van der Waals surface area contributed by atoms with Gasteiger partial charge in [0.25, 0.3) is 0 Å². The highest BCUT2D eigenvalue weighted by Gasteiger charge is 2.10. The SMILES string of the molecule is CCCCCc1ccc(C[Si]c2cc(F)c(C#N)c(F)c2)cc1. The Hall–Kier alpha value is -1.99. The minimum Gasteiger partial charge on any atom is -0.205 e. The number of hydrogen-bond donors (Lipinski definition) is 0. The normalized spacial score (nSPS) is 10.5.